The lowest BCUT2D eigenvalue weighted by atomic mass is 10.3. The Bertz CT molecular complexity index is 170. The molecule has 90 valence electrons. The van der Waals surface area contributed by atoms with E-state index in [1.165, 1.54) is 38.9 Å². The van der Waals surface area contributed by atoms with Gasteiger partial charge in [0, 0.05) is 13.0 Å². The highest BCUT2D eigenvalue weighted by molar-refractivity contribution is 5.85. The molecule has 1 rings (SSSR count). The van der Waals surface area contributed by atoms with Crippen molar-refractivity contribution in [3.63, 3.8) is 0 Å². The van der Waals surface area contributed by atoms with Crippen molar-refractivity contribution in [2.45, 2.75) is 39.0 Å². The molecule has 1 aliphatic rings. The van der Waals surface area contributed by atoms with Gasteiger partial charge >= 0.3 is 0 Å². The number of nitrogens with one attached hydrogen (secondary N) is 1. The highest BCUT2D eigenvalue weighted by atomic mass is 35.5. The van der Waals surface area contributed by atoms with Crippen LogP contribution >= 0.6 is 12.4 Å². The normalized spacial score (nSPS) is 16.1. The topological polar surface area (TPSA) is 32.3 Å². The molecule has 0 bridgehead atoms. The predicted molar refractivity (Wildman–Crippen MR) is 65.5 cm³/mol. The minimum absolute atomic E-state index is 0. The minimum atomic E-state index is 0. The fourth-order valence-electron chi connectivity index (χ4n) is 1.82. The first-order valence-electron chi connectivity index (χ1n) is 5.82. The molecule has 1 aliphatic heterocycles. The first kappa shape index (κ1) is 14.7. The molecule has 0 aromatic carbocycles. The van der Waals surface area contributed by atoms with Crippen LogP contribution in [0.5, 0.6) is 0 Å². The van der Waals surface area contributed by atoms with Crippen molar-refractivity contribution in [3.05, 3.63) is 0 Å². The van der Waals surface area contributed by atoms with E-state index in [9.17, 15) is 4.79 Å². The number of likely N-dealkylation sites (tertiary alicyclic amines) is 1. The average Bonchev–Trinajstić information content (AvgIpc) is 2.69. The number of nitrogens with zero attached hydrogens (tertiary/aromatic N) is 1. The summed E-state index contributed by atoms with van der Waals surface area (Å²) in [6.07, 6.45) is 5.66. The quantitative estimate of drug-likeness (QED) is 0.711. The first-order chi connectivity index (χ1) is 6.83. The van der Waals surface area contributed by atoms with Crippen molar-refractivity contribution < 1.29 is 4.79 Å². The summed E-state index contributed by atoms with van der Waals surface area (Å²) in [6, 6.07) is 0. The van der Waals surface area contributed by atoms with Crippen LogP contribution in [0.15, 0.2) is 0 Å². The van der Waals surface area contributed by atoms with Crippen LogP contribution in [0.1, 0.15) is 39.0 Å². The molecule has 1 saturated heterocycles. The van der Waals surface area contributed by atoms with Crippen LogP contribution in [0, 0.1) is 0 Å². The van der Waals surface area contributed by atoms with Crippen molar-refractivity contribution >= 4 is 18.3 Å². The summed E-state index contributed by atoms with van der Waals surface area (Å²) in [6.45, 7) is 6.50. The fourth-order valence-corrected chi connectivity index (χ4v) is 1.82. The van der Waals surface area contributed by atoms with Crippen molar-refractivity contribution in [1.29, 1.82) is 0 Å². The van der Waals surface area contributed by atoms with E-state index in [2.05, 4.69) is 10.2 Å². The van der Waals surface area contributed by atoms with Crippen molar-refractivity contribution in [2.75, 3.05) is 26.2 Å². The van der Waals surface area contributed by atoms with E-state index in [1.807, 2.05) is 6.92 Å². The van der Waals surface area contributed by atoms with Crippen LogP contribution in [0.2, 0.25) is 0 Å². The Morgan fingerprint density at radius 3 is 2.53 bits per heavy atom. The van der Waals surface area contributed by atoms with Gasteiger partial charge in [0.1, 0.15) is 0 Å². The van der Waals surface area contributed by atoms with Crippen LogP contribution < -0.4 is 5.32 Å². The molecule has 3 nitrogen and oxygen atoms in total. The Hall–Kier alpha value is -0.280. The SMILES string of the molecule is CCC(=O)NCCCCN1CCCC1.Cl. The Balaban J connectivity index is 0.00000196. The zero-order valence-corrected chi connectivity index (χ0v) is 10.4. The standard InChI is InChI=1S/C11H22N2O.ClH/c1-2-11(14)12-7-3-4-8-13-9-5-6-10-13;/h2-10H2,1H3,(H,12,14);1H. The smallest absolute Gasteiger partial charge is 0.219 e. The van der Waals surface area contributed by atoms with Gasteiger partial charge in [-0.15, -0.1) is 12.4 Å². The second-order valence-electron chi connectivity index (χ2n) is 3.96. The minimum Gasteiger partial charge on any atom is -0.356 e. The van der Waals surface area contributed by atoms with Crippen LogP contribution in [-0.4, -0.2) is 37.0 Å². The van der Waals surface area contributed by atoms with Gasteiger partial charge in [-0.1, -0.05) is 6.92 Å². The molecule has 1 heterocycles. The summed E-state index contributed by atoms with van der Waals surface area (Å²) in [4.78, 5) is 13.4. The highest BCUT2D eigenvalue weighted by Gasteiger charge is 2.09. The Kier molecular flexibility index (Phi) is 8.82. The van der Waals surface area contributed by atoms with E-state index in [0.29, 0.717) is 6.42 Å². The molecule has 0 aromatic rings. The van der Waals surface area contributed by atoms with Crippen LogP contribution in [0.25, 0.3) is 0 Å². The monoisotopic (exact) mass is 234 g/mol. The molecule has 0 unspecified atom stereocenters. The molecular formula is C11H23ClN2O. The summed E-state index contributed by atoms with van der Waals surface area (Å²) in [5.74, 6) is 0.172. The van der Waals surface area contributed by atoms with E-state index in [0.717, 1.165) is 13.0 Å². The molecule has 1 fully saturated rings. The Labute approximate surface area is 99.0 Å². The first-order valence-corrected chi connectivity index (χ1v) is 5.82. The largest absolute Gasteiger partial charge is 0.356 e. The van der Waals surface area contributed by atoms with Crippen molar-refractivity contribution in [3.8, 4) is 0 Å². The van der Waals surface area contributed by atoms with Gasteiger partial charge < -0.3 is 10.2 Å². The lowest BCUT2D eigenvalue weighted by Crippen LogP contribution is -2.25. The Morgan fingerprint density at radius 1 is 1.27 bits per heavy atom. The maximum atomic E-state index is 10.9. The molecular weight excluding hydrogens is 212 g/mol. The van der Waals surface area contributed by atoms with Crippen molar-refractivity contribution in [1.82, 2.24) is 10.2 Å². The van der Waals surface area contributed by atoms with E-state index < -0.39 is 0 Å². The third-order valence-corrected chi connectivity index (χ3v) is 2.74. The lowest BCUT2D eigenvalue weighted by Gasteiger charge is -2.13. The number of carbonyl (C=O) groups excluding carboxylic acids is 1. The van der Waals surface area contributed by atoms with Gasteiger partial charge in [-0.2, -0.15) is 0 Å². The maximum absolute atomic E-state index is 10.9. The number of hydrogen-bond acceptors (Lipinski definition) is 2. The van der Waals surface area contributed by atoms with E-state index in [4.69, 9.17) is 0 Å². The third-order valence-electron chi connectivity index (χ3n) is 2.74. The number of hydrogen-bond donors (Lipinski definition) is 1. The number of carbonyl (C=O) groups is 1. The van der Waals surface area contributed by atoms with Crippen LogP contribution in [-0.2, 0) is 4.79 Å². The van der Waals surface area contributed by atoms with Gasteiger partial charge in [0.05, 0.1) is 0 Å². The second kappa shape index (κ2) is 8.98. The zero-order chi connectivity index (χ0) is 10.2. The summed E-state index contributed by atoms with van der Waals surface area (Å²) in [5.41, 5.74) is 0. The molecule has 1 amide bonds. The van der Waals surface area contributed by atoms with Crippen LogP contribution in [0.3, 0.4) is 0 Å². The summed E-state index contributed by atoms with van der Waals surface area (Å²) >= 11 is 0. The molecule has 4 heteroatoms. The molecule has 1 N–H and O–H groups in total. The molecule has 0 atom stereocenters. The number of rotatable bonds is 6. The molecule has 0 aliphatic carbocycles. The van der Waals surface area contributed by atoms with Gasteiger partial charge in [0.25, 0.3) is 0 Å². The van der Waals surface area contributed by atoms with Gasteiger partial charge in [0.2, 0.25) is 5.91 Å². The van der Waals surface area contributed by atoms with Gasteiger partial charge in [-0.05, 0) is 45.3 Å². The molecule has 0 aromatic heterocycles. The number of unbranched alkanes of at least 4 members (excludes halogenated alkanes) is 1. The fraction of sp³-hybridized carbons (Fsp3) is 0.909. The summed E-state index contributed by atoms with van der Waals surface area (Å²) < 4.78 is 0. The summed E-state index contributed by atoms with van der Waals surface area (Å²) in [7, 11) is 0. The van der Waals surface area contributed by atoms with Gasteiger partial charge in [0.15, 0.2) is 0 Å². The lowest BCUT2D eigenvalue weighted by molar-refractivity contribution is -0.120. The van der Waals surface area contributed by atoms with E-state index in [1.54, 1.807) is 0 Å². The van der Waals surface area contributed by atoms with Crippen molar-refractivity contribution in [2.24, 2.45) is 0 Å². The van der Waals surface area contributed by atoms with Gasteiger partial charge in [-0.25, -0.2) is 0 Å². The highest BCUT2D eigenvalue weighted by Crippen LogP contribution is 2.07. The third kappa shape index (κ3) is 6.74. The molecule has 0 saturated carbocycles. The zero-order valence-electron chi connectivity index (χ0n) is 9.63. The maximum Gasteiger partial charge on any atom is 0.219 e. The molecule has 0 spiro atoms. The summed E-state index contributed by atoms with van der Waals surface area (Å²) in [5, 5.41) is 2.90. The predicted octanol–water partition coefficient (Wildman–Crippen LogP) is 1.81. The Morgan fingerprint density at radius 2 is 1.93 bits per heavy atom. The molecule has 15 heavy (non-hydrogen) atoms. The van der Waals surface area contributed by atoms with E-state index in [-0.39, 0.29) is 18.3 Å². The average molecular weight is 235 g/mol. The van der Waals surface area contributed by atoms with Gasteiger partial charge in [-0.3, -0.25) is 4.79 Å². The number of halogens is 1. The molecule has 0 radical (unpaired) electrons. The number of amides is 1. The second-order valence-corrected chi connectivity index (χ2v) is 3.96. The van der Waals surface area contributed by atoms with Crippen LogP contribution in [0.4, 0.5) is 0 Å². The van der Waals surface area contributed by atoms with E-state index >= 15 is 0 Å².